The average Bonchev–Trinajstić information content (AvgIpc) is 3.18. The molecule has 1 aromatic carbocycles. The lowest BCUT2D eigenvalue weighted by Crippen LogP contribution is -2.48. The number of benzene rings is 1. The molecule has 4 atom stereocenters. The van der Waals surface area contributed by atoms with Crippen molar-refractivity contribution < 1.29 is 23.8 Å². The van der Waals surface area contributed by atoms with E-state index in [-0.39, 0.29) is 29.2 Å². The molecule has 0 spiro atoms. The molecule has 0 radical (unpaired) electrons. The van der Waals surface area contributed by atoms with Gasteiger partial charge in [-0.15, -0.1) is 0 Å². The number of ether oxygens (including phenoxy) is 1. The Balaban J connectivity index is 1.77. The molecule has 3 rings (SSSR count). The van der Waals surface area contributed by atoms with Crippen molar-refractivity contribution in [2.45, 2.75) is 31.0 Å². The fraction of sp³-hybridized carbons (Fsp3) is 0.500. The number of piperidine rings is 1. The summed E-state index contributed by atoms with van der Waals surface area (Å²) < 4.78 is 19.3. The molecule has 1 heterocycles. The van der Waals surface area contributed by atoms with E-state index in [0.717, 1.165) is 6.42 Å². The van der Waals surface area contributed by atoms with E-state index in [0.29, 0.717) is 6.42 Å². The summed E-state index contributed by atoms with van der Waals surface area (Å²) in [7, 11) is 1.44. The molecule has 1 saturated carbocycles. The highest BCUT2D eigenvalue weighted by molar-refractivity contribution is 6.30. The van der Waals surface area contributed by atoms with Gasteiger partial charge in [0.1, 0.15) is 11.9 Å². The summed E-state index contributed by atoms with van der Waals surface area (Å²) in [5, 5.41) is 12.0. The zero-order valence-corrected chi connectivity index (χ0v) is 13.8. The summed E-state index contributed by atoms with van der Waals surface area (Å²) in [4.78, 5) is 25.1. The van der Waals surface area contributed by atoms with Gasteiger partial charge in [0.2, 0.25) is 5.91 Å². The molecule has 0 unspecified atom stereocenters. The van der Waals surface area contributed by atoms with Gasteiger partial charge in [-0.3, -0.25) is 9.69 Å². The van der Waals surface area contributed by atoms with Crippen LogP contribution < -0.4 is 5.32 Å². The SMILES string of the molecule is COC[C@@H](NC(=O)[C@@H]1C[C@H]2C[C@H]2N1C(=O)O)c1cccc(Cl)c1F. The molecule has 130 valence electrons. The summed E-state index contributed by atoms with van der Waals surface area (Å²) in [6.07, 6.45) is 0.207. The minimum absolute atomic E-state index is 0.0443. The molecule has 1 aromatic rings. The van der Waals surface area contributed by atoms with Gasteiger partial charge in [0.25, 0.3) is 0 Å². The molecule has 2 amide bonds. The summed E-state index contributed by atoms with van der Waals surface area (Å²) >= 11 is 5.80. The van der Waals surface area contributed by atoms with Gasteiger partial charge in [0.15, 0.2) is 0 Å². The summed E-state index contributed by atoms with van der Waals surface area (Å²) in [6, 6.07) is 2.97. The fourth-order valence-electron chi connectivity index (χ4n) is 3.40. The third-order valence-corrected chi connectivity index (χ3v) is 4.93. The van der Waals surface area contributed by atoms with Crippen LogP contribution in [0.25, 0.3) is 0 Å². The maximum Gasteiger partial charge on any atom is 0.408 e. The number of nitrogens with zero attached hydrogens (tertiary/aromatic N) is 1. The van der Waals surface area contributed by atoms with Crippen molar-refractivity contribution in [3.05, 3.63) is 34.6 Å². The van der Waals surface area contributed by atoms with Gasteiger partial charge < -0.3 is 15.2 Å². The number of likely N-dealkylation sites (tertiary alicyclic amines) is 1. The van der Waals surface area contributed by atoms with Crippen LogP contribution in [0.2, 0.25) is 5.02 Å². The van der Waals surface area contributed by atoms with E-state index in [9.17, 15) is 19.1 Å². The van der Waals surface area contributed by atoms with Crippen LogP contribution in [-0.4, -0.2) is 47.8 Å². The largest absolute Gasteiger partial charge is 0.465 e. The van der Waals surface area contributed by atoms with Crippen molar-refractivity contribution in [2.24, 2.45) is 5.92 Å². The van der Waals surface area contributed by atoms with Crippen molar-refractivity contribution >= 4 is 23.6 Å². The zero-order chi connectivity index (χ0) is 17.4. The van der Waals surface area contributed by atoms with E-state index in [1.54, 1.807) is 6.07 Å². The molecule has 2 fully saturated rings. The average molecular weight is 357 g/mol. The lowest BCUT2D eigenvalue weighted by molar-refractivity contribution is -0.126. The highest BCUT2D eigenvalue weighted by Crippen LogP contribution is 2.47. The number of rotatable bonds is 5. The van der Waals surface area contributed by atoms with Gasteiger partial charge in [-0.25, -0.2) is 9.18 Å². The second-order valence-corrected chi connectivity index (χ2v) is 6.57. The molecular formula is C16H18ClFN2O4. The Morgan fingerprint density at radius 2 is 2.25 bits per heavy atom. The Morgan fingerprint density at radius 1 is 1.50 bits per heavy atom. The Bertz CT molecular complexity index is 671. The number of carboxylic acid groups (broad SMARTS) is 1. The highest BCUT2D eigenvalue weighted by Gasteiger charge is 2.56. The van der Waals surface area contributed by atoms with Gasteiger partial charge in [-0.2, -0.15) is 0 Å². The summed E-state index contributed by atoms with van der Waals surface area (Å²) in [5.41, 5.74) is 0.211. The number of hydrogen-bond acceptors (Lipinski definition) is 3. The maximum atomic E-state index is 14.2. The number of nitrogens with one attached hydrogen (secondary N) is 1. The highest BCUT2D eigenvalue weighted by atomic mass is 35.5. The number of fused-ring (bicyclic) bond motifs is 1. The Hall–Kier alpha value is -1.86. The predicted octanol–water partition coefficient (Wildman–Crippen LogP) is 2.42. The van der Waals surface area contributed by atoms with Crippen LogP contribution in [-0.2, 0) is 9.53 Å². The predicted molar refractivity (Wildman–Crippen MR) is 84.3 cm³/mol. The first-order valence-electron chi connectivity index (χ1n) is 7.68. The van der Waals surface area contributed by atoms with E-state index >= 15 is 0 Å². The number of methoxy groups -OCH3 is 1. The van der Waals surface area contributed by atoms with Crippen LogP contribution in [0.1, 0.15) is 24.4 Å². The topological polar surface area (TPSA) is 78.9 Å². The molecule has 6 nitrogen and oxygen atoms in total. The lowest BCUT2D eigenvalue weighted by Gasteiger charge is -2.27. The molecule has 2 aliphatic rings. The summed E-state index contributed by atoms with van der Waals surface area (Å²) in [5.74, 6) is -0.808. The molecule has 8 heteroatoms. The quantitative estimate of drug-likeness (QED) is 0.849. The van der Waals surface area contributed by atoms with E-state index in [2.05, 4.69) is 5.32 Å². The van der Waals surface area contributed by atoms with Crippen LogP contribution in [0, 0.1) is 11.7 Å². The molecule has 2 N–H and O–H groups in total. The van der Waals surface area contributed by atoms with E-state index < -0.39 is 29.9 Å². The first-order valence-corrected chi connectivity index (χ1v) is 8.06. The van der Waals surface area contributed by atoms with Crippen molar-refractivity contribution in [2.75, 3.05) is 13.7 Å². The minimum atomic E-state index is -1.10. The maximum absolute atomic E-state index is 14.2. The van der Waals surface area contributed by atoms with Crippen LogP contribution >= 0.6 is 11.6 Å². The second-order valence-electron chi connectivity index (χ2n) is 6.16. The number of halogens is 2. The number of hydrogen-bond donors (Lipinski definition) is 2. The zero-order valence-electron chi connectivity index (χ0n) is 13.0. The molecule has 1 aliphatic carbocycles. The normalized spacial score (nSPS) is 26.0. The Kier molecular flexibility index (Phi) is 4.64. The van der Waals surface area contributed by atoms with Crippen LogP contribution in [0.15, 0.2) is 18.2 Å². The number of carbonyl (C=O) groups is 2. The number of amides is 2. The smallest absolute Gasteiger partial charge is 0.408 e. The first-order chi connectivity index (χ1) is 11.4. The standard InChI is InChI=1S/C16H18ClFN2O4/c1-24-7-11(9-3-2-4-10(17)14(9)18)19-15(21)13-6-8-5-12(8)20(13)16(22)23/h2-4,8,11-13H,5-7H2,1H3,(H,19,21)(H,22,23)/t8-,11-,12-,13+/m1/s1. The van der Waals surface area contributed by atoms with Gasteiger partial charge in [0, 0.05) is 18.7 Å². The lowest BCUT2D eigenvalue weighted by atomic mass is 10.1. The first kappa shape index (κ1) is 17.0. The van der Waals surface area contributed by atoms with Crippen molar-refractivity contribution in [1.29, 1.82) is 0 Å². The molecule has 1 aliphatic heterocycles. The van der Waals surface area contributed by atoms with Crippen molar-refractivity contribution in [3.63, 3.8) is 0 Å². The minimum Gasteiger partial charge on any atom is -0.465 e. The third kappa shape index (κ3) is 3.06. The monoisotopic (exact) mass is 356 g/mol. The number of carbonyl (C=O) groups excluding carboxylic acids is 1. The fourth-order valence-corrected chi connectivity index (χ4v) is 3.58. The van der Waals surface area contributed by atoms with Crippen molar-refractivity contribution in [3.8, 4) is 0 Å². The third-order valence-electron chi connectivity index (χ3n) is 4.63. The molecule has 1 saturated heterocycles. The van der Waals surface area contributed by atoms with Crippen LogP contribution in [0.5, 0.6) is 0 Å². The van der Waals surface area contributed by atoms with Crippen molar-refractivity contribution in [1.82, 2.24) is 10.2 Å². The molecule has 24 heavy (non-hydrogen) atoms. The van der Waals surface area contributed by atoms with Crippen LogP contribution in [0.3, 0.4) is 0 Å². The van der Waals surface area contributed by atoms with Gasteiger partial charge in [-0.05, 0) is 24.8 Å². The molecular weight excluding hydrogens is 339 g/mol. The molecule has 0 aromatic heterocycles. The van der Waals surface area contributed by atoms with Gasteiger partial charge in [-0.1, -0.05) is 23.7 Å². The van der Waals surface area contributed by atoms with E-state index in [1.165, 1.54) is 24.1 Å². The second kappa shape index (κ2) is 6.57. The Labute approximate surface area is 143 Å². The van der Waals surface area contributed by atoms with E-state index in [4.69, 9.17) is 16.3 Å². The summed E-state index contributed by atoms with van der Waals surface area (Å²) in [6.45, 7) is 0.0512. The Morgan fingerprint density at radius 3 is 2.92 bits per heavy atom. The van der Waals surface area contributed by atoms with Gasteiger partial charge >= 0.3 is 6.09 Å². The van der Waals surface area contributed by atoms with Gasteiger partial charge in [0.05, 0.1) is 17.7 Å². The van der Waals surface area contributed by atoms with Crippen LogP contribution in [0.4, 0.5) is 9.18 Å². The molecule has 0 bridgehead atoms. The van der Waals surface area contributed by atoms with E-state index in [1.807, 2.05) is 0 Å².